The summed E-state index contributed by atoms with van der Waals surface area (Å²) in [4.78, 5) is 16.9. The van der Waals surface area contributed by atoms with Gasteiger partial charge in [0.15, 0.2) is 16.6 Å². The Balaban J connectivity index is 1.49. The lowest BCUT2D eigenvalue weighted by Crippen LogP contribution is -2.15. The van der Waals surface area contributed by atoms with E-state index in [1.807, 2.05) is 65.2 Å². The molecule has 0 spiro atoms. The molecule has 0 aliphatic rings. The van der Waals surface area contributed by atoms with Crippen LogP contribution in [0.2, 0.25) is 5.02 Å². The van der Waals surface area contributed by atoms with E-state index < -0.39 is 0 Å². The van der Waals surface area contributed by atoms with E-state index >= 15 is 0 Å². The van der Waals surface area contributed by atoms with Crippen LogP contribution in [-0.4, -0.2) is 29.4 Å². The fourth-order valence-corrected chi connectivity index (χ4v) is 4.40. The number of halogens is 1. The summed E-state index contributed by atoms with van der Waals surface area (Å²) in [5, 5.41) is 22.2. The van der Waals surface area contributed by atoms with Crippen LogP contribution in [-0.2, 0) is 12.3 Å². The van der Waals surface area contributed by atoms with Gasteiger partial charge in [-0.3, -0.25) is 14.5 Å². The molecule has 0 aliphatic carbocycles. The minimum absolute atomic E-state index is 0.273. The van der Waals surface area contributed by atoms with Gasteiger partial charge >= 0.3 is 0 Å². The van der Waals surface area contributed by atoms with Crippen LogP contribution in [0.3, 0.4) is 0 Å². The van der Waals surface area contributed by atoms with Crippen molar-refractivity contribution in [3.63, 3.8) is 0 Å². The van der Waals surface area contributed by atoms with Crippen molar-refractivity contribution in [2.75, 3.05) is 0 Å². The van der Waals surface area contributed by atoms with E-state index in [1.54, 1.807) is 0 Å². The minimum atomic E-state index is -0.273. The second kappa shape index (κ2) is 8.94. The fraction of sp³-hybridized carbons (Fsp3) is 0.0870. The lowest BCUT2D eigenvalue weighted by Gasteiger charge is -2.10. The highest BCUT2D eigenvalue weighted by Gasteiger charge is 2.16. The number of fused-ring (bicyclic) bond motifs is 1. The lowest BCUT2D eigenvalue weighted by atomic mass is 10.2. The Labute approximate surface area is 197 Å². The third kappa shape index (κ3) is 4.26. The van der Waals surface area contributed by atoms with Crippen molar-refractivity contribution in [2.24, 2.45) is 0 Å². The molecule has 0 saturated heterocycles. The topological polar surface area (TPSA) is 105 Å². The third-order valence-electron chi connectivity index (χ3n) is 5.02. The van der Waals surface area contributed by atoms with Crippen molar-refractivity contribution in [1.82, 2.24) is 29.4 Å². The predicted molar refractivity (Wildman–Crippen MR) is 126 cm³/mol. The van der Waals surface area contributed by atoms with Crippen LogP contribution in [0, 0.1) is 11.3 Å². The zero-order valence-electron chi connectivity index (χ0n) is 17.1. The summed E-state index contributed by atoms with van der Waals surface area (Å²) in [7, 11) is 0. The Hall–Kier alpha value is -3.87. The largest absolute Gasteiger partial charge is 0.298 e. The monoisotopic (exact) mass is 473 g/mol. The van der Waals surface area contributed by atoms with E-state index in [2.05, 4.69) is 20.3 Å². The third-order valence-corrected chi connectivity index (χ3v) is 6.28. The van der Waals surface area contributed by atoms with E-state index in [0.29, 0.717) is 39.4 Å². The number of rotatable bonds is 6. The molecule has 0 aliphatic heterocycles. The first-order valence-electron chi connectivity index (χ1n) is 9.98. The molecule has 5 aromatic rings. The summed E-state index contributed by atoms with van der Waals surface area (Å²) in [5.41, 5.74) is 2.93. The summed E-state index contributed by atoms with van der Waals surface area (Å²) >= 11 is 7.49. The number of nitrogens with one attached hydrogen (secondary N) is 1. The van der Waals surface area contributed by atoms with E-state index in [0.717, 1.165) is 17.0 Å². The molecule has 0 fully saturated rings. The van der Waals surface area contributed by atoms with Crippen molar-refractivity contribution in [3.8, 4) is 17.5 Å². The fourth-order valence-electron chi connectivity index (χ4n) is 3.44. The van der Waals surface area contributed by atoms with Gasteiger partial charge in [-0.05, 0) is 29.8 Å². The number of nitrogens with zero attached hydrogens (tertiary/aromatic N) is 6. The molecule has 8 nitrogen and oxygen atoms in total. The maximum Gasteiger partial charge on any atom is 0.272 e. The molecule has 3 aromatic heterocycles. The number of aromatic nitrogens is 6. The molecule has 10 heteroatoms. The van der Waals surface area contributed by atoms with Gasteiger partial charge in [0.25, 0.3) is 5.56 Å². The van der Waals surface area contributed by atoms with Gasteiger partial charge in [0.05, 0.1) is 12.2 Å². The molecule has 2 aromatic carbocycles. The molecule has 0 saturated carbocycles. The molecular weight excluding hydrogens is 458 g/mol. The van der Waals surface area contributed by atoms with Gasteiger partial charge in [-0.25, -0.2) is 9.50 Å². The van der Waals surface area contributed by atoms with Crippen molar-refractivity contribution >= 4 is 29.0 Å². The van der Waals surface area contributed by atoms with Crippen LogP contribution in [0.25, 0.3) is 17.0 Å². The SMILES string of the molecule is N#Cc1c[nH]n2c(=O)cc(CSc3nnc(-c4ccc(Cl)cc4)n3Cc3ccccc3)nc12. The maximum atomic E-state index is 12.4. The van der Waals surface area contributed by atoms with Crippen molar-refractivity contribution in [2.45, 2.75) is 17.5 Å². The van der Waals surface area contributed by atoms with E-state index in [-0.39, 0.29) is 5.56 Å². The Morgan fingerprint density at radius 2 is 1.88 bits per heavy atom. The predicted octanol–water partition coefficient (Wildman–Crippen LogP) is 4.15. The number of hydrogen-bond donors (Lipinski definition) is 1. The molecule has 3 heterocycles. The van der Waals surface area contributed by atoms with Gasteiger partial charge in [0.1, 0.15) is 11.6 Å². The van der Waals surface area contributed by atoms with Gasteiger partial charge in [-0.2, -0.15) is 5.26 Å². The van der Waals surface area contributed by atoms with E-state index in [9.17, 15) is 10.1 Å². The number of H-pyrrole nitrogens is 1. The van der Waals surface area contributed by atoms with Gasteiger partial charge in [-0.15, -0.1) is 10.2 Å². The smallest absolute Gasteiger partial charge is 0.272 e. The minimum Gasteiger partial charge on any atom is -0.298 e. The van der Waals surface area contributed by atoms with E-state index in [4.69, 9.17) is 11.6 Å². The second-order valence-corrected chi connectivity index (χ2v) is 8.60. The van der Waals surface area contributed by atoms with Gasteiger partial charge in [-0.1, -0.05) is 53.7 Å². The average molecular weight is 474 g/mol. The van der Waals surface area contributed by atoms with Crippen LogP contribution in [0.15, 0.2) is 76.8 Å². The zero-order valence-corrected chi connectivity index (χ0v) is 18.7. The normalized spacial score (nSPS) is 11.0. The molecule has 1 N–H and O–H groups in total. The molecule has 0 atom stereocenters. The number of aromatic amines is 1. The number of thioether (sulfide) groups is 1. The quantitative estimate of drug-likeness (QED) is 0.371. The first-order chi connectivity index (χ1) is 16.1. The summed E-state index contributed by atoms with van der Waals surface area (Å²) in [6, 6.07) is 21.0. The molecule has 33 heavy (non-hydrogen) atoms. The first kappa shape index (κ1) is 21.0. The van der Waals surface area contributed by atoms with Gasteiger partial charge in [0.2, 0.25) is 0 Å². The second-order valence-electron chi connectivity index (χ2n) is 7.22. The van der Waals surface area contributed by atoms with Crippen molar-refractivity contribution in [3.05, 3.63) is 99.1 Å². The molecular formula is C23H16ClN7OS. The summed E-state index contributed by atoms with van der Waals surface area (Å²) in [6.45, 7) is 0.583. The summed E-state index contributed by atoms with van der Waals surface area (Å²) in [5.74, 6) is 1.12. The van der Waals surface area contributed by atoms with Crippen LogP contribution in [0.1, 0.15) is 16.8 Å². The van der Waals surface area contributed by atoms with E-state index in [1.165, 1.54) is 28.5 Å². The molecule has 5 rings (SSSR count). The first-order valence-corrected chi connectivity index (χ1v) is 11.3. The van der Waals surface area contributed by atoms with Crippen LogP contribution in [0.5, 0.6) is 0 Å². The Bertz CT molecular complexity index is 1530. The van der Waals surface area contributed by atoms with Crippen LogP contribution in [0.4, 0.5) is 0 Å². The standard InChI is InChI=1S/C23H16ClN7OS/c24-18-8-6-16(7-9-18)22-28-29-23(30(22)13-15-4-2-1-3-5-15)33-14-19-10-20(32)31-21(27-19)17(11-25)12-26-31/h1-10,12,26H,13-14H2. The van der Waals surface area contributed by atoms with Gasteiger partial charge < -0.3 is 0 Å². The lowest BCUT2D eigenvalue weighted by molar-refractivity contribution is 0.714. The van der Waals surface area contributed by atoms with Crippen LogP contribution < -0.4 is 5.56 Å². The molecule has 0 unspecified atom stereocenters. The number of nitriles is 1. The highest BCUT2D eigenvalue weighted by atomic mass is 35.5. The molecule has 0 amide bonds. The highest BCUT2D eigenvalue weighted by Crippen LogP contribution is 2.28. The Morgan fingerprint density at radius 1 is 1.09 bits per heavy atom. The molecule has 0 radical (unpaired) electrons. The zero-order chi connectivity index (χ0) is 22.8. The number of hydrogen-bond acceptors (Lipinski definition) is 6. The summed E-state index contributed by atoms with van der Waals surface area (Å²) in [6.07, 6.45) is 1.47. The van der Waals surface area contributed by atoms with Gasteiger partial charge in [0, 0.05) is 28.6 Å². The van der Waals surface area contributed by atoms with Crippen LogP contribution >= 0.6 is 23.4 Å². The highest BCUT2D eigenvalue weighted by molar-refractivity contribution is 7.98. The van der Waals surface area contributed by atoms with Crippen molar-refractivity contribution in [1.29, 1.82) is 5.26 Å². The Kier molecular flexibility index (Phi) is 5.69. The number of benzene rings is 2. The Morgan fingerprint density at radius 3 is 2.64 bits per heavy atom. The maximum absolute atomic E-state index is 12.4. The summed E-state index contributed by atoms with van der Waals surface area (Å²) < 4.78 is 3.29. The molecule has 0 bridgehead atoms. The molecule has 162 valence electrons. The average Bonchev–Trinajstić information content (AvgIpc) is 3.43. The van der Waals surface area contributed by atoms with Crippen molar-refractivity contribution < 1.29 is 0 Å².